The van der Waals surface area contributed by atoms with Crippen molar-refractivity contribution in [3.05, 3.63) is 0 Å². The minimum atomic E-state index is -0.309. The number of esters is 1. The first-order valence-corrected chi connectivity index (χ1v) is 6.72. The van der Waals surface area contributed by atoms with Crippen LogP contribution in [-0.2, 0) is 14.3 Å². The molecule has 0 saturated carbocycles. The Hall–Kier alpha value is -1.10. The number of amides is 1. The van der Waals surface area contributed by atoms with E-state index in [0.29, 0.717) is 13.2 Å². The van der Waals surface area contributed by atoms with Gasteiger partial charge in [-0.25, -0.2) is 0 Å². The molecule has 0 aromatic heterocycles. The van der Waals surface area contributed by atoms with Crippen LogP contribution in [0.1, 0.15) is 33.6 Å². The van der Waals surface area contributed by atoms with Gasteiger partial charge in [0.1, 0.15) is 0 Å². The molecule has 1 amide bonds. The number of nitrogens with zero attached hydrogens (tertiary/aromatic N) is 2. The molecule has 5 nitrogen and oxygen atoms in total. The minimum Gasteiger partial charge on any atom is -0.466 e. The molecule has 0 aromatic carbocycles. The Morgan fingerprint density at radius 1 is 1.05 bits per heavy atom. The average Bonchev–Trinajstić information content (AvgIpc) is 2.23. The van der Waals surface area contributed by atoms with E-state index in [4.69, 9.17) is 4.74 Å². The molecule has 0 aliphatic rings. The molecule has 5 heteroatoms. The average molecular weight is 272 g/mol. The summed E-state index contributed by atoms with van der Waals surface area (Å²) < 4.78 is 4.81. The van der Waals surface area contributed by atoms with Crippen LogP contribution in [0.25, 0.3) is 0 Å². The normalized spacial score (nSPS) is 11.5. The summed E-state index contributed by atoms with van der Waals surface area (Å²) in [6, 6.07) is 0. The van der Waals surface area contributed by atoms with Crippen LogP contribution in [0.15, 0.2) is 0 Å². The maximum absolute atomic E-state index is 11.9. The second kappa shape index (κ2) is 8.15. The highest BCUT2D eigenvalue weighted by atomic mass is 16.5. The Morgan fingerprint density at radius 2 is 1.63 bits per heavy atom. The second-order valence-corrected chi connectivity index (χ2v) is 5.96. The van der Waals surface area contributed by atoms with Crippen molar-refractivity contribution in [1.29, 1.82) is 0 Å². The standard InChI is InChI=1S/C14H28N2O3/c1-7-19-13(18)9-8-12(17)16(6)11-14(2,3)10-15(4)5/h7-11H2,1-6H3. The third kappa shape index (κ3) is 8.59. The van der Waals surface area contributed by atoms with E-state index in [1.54, 1.807) is 18.9 Å². The van der Waals surface area contributed by atoms with Crippen molar-refractivity contribution < 1.29 is 14.3 Å². The first-order valence-electron chi connectivity index (χ1n) is 6.72. The highest BCUT2D eigenvalue weighted by Crippen LogP contribution is 2.17. The fraction of sp³-hybridized carbons (Fsp3) is 0.857. The predicted molar refractivity (Wildman–Crippen MR) is 75.8 cm³/mol. The maximum atomic E-state index is 11.9. The van der Waals surface area contributed by atoms with Gasteiger partial charge in [-0.1, -0.05) is 13.8 Å². The summed E-state index contributed by atoms with van der Waals surface area (Å²) in [4.78, 5) is 26.9. The summed E-state index contributed by atoms with van der Waals surface area (Å²) in [5, 5.41) is 0. The third-order valence-corrected chi connectivity index (χ3v) is 2.68. The molecule has 0 aromatic rings. The van der Waals surface area contributed by atoms with Gasteiger partial charge in [-0.15, -0.1) is 0 Å². The molecule has 0 fully saturated rings. The Balaban J connectivity index is 4.16. The molecule has 0 aliphatic heterocycles. The van der Waals surface area contributed by atoms with E-state index in [0.717, 1.165) is 6.54 Å². The lowest BCUT2D eigenvalue weighted by molar-refractivity contribution is -0.145. The van der Waals surface area contributed by atoms with Crippen molar-refractivity contribution in [2.24, 2.45) is 5.41 Å². The van der Waals surface area contributed by atoms with Crippen molar-refractivity contribution >= 4 is 11.9 Å². The third-order valence-electron chi connectivity index (χ3n) is 2.68. The summed E-state index contributed by atoms with van der Waals surface area (Å²) in [6.07, 6.45) is 0.374. The van der Waals surface area contributed by atoms with Crippen LogP contribution in [0.5, 0.6) is 0 Å². The number of carbonyl (C=O) groups is 2. The van der Waals surface area contributed by atoms with Gasteiger partial charge in [0.25, 0.3) is 0 Å². The van der Waals surface area contributed by atoms with Crippen LogP contribution >= 0.6 is 0 Å². The molecular weight excluding hydrogens is 244 g/mol. The van der Waals surface area contributed by atoms with E-state index in [9.17, 15) is 9.59 Å². The van der Waals surface area contributed by atoms with Crippen molar-refractivity contribution in [2.45, 2.75) is 33.6 Å². The first-order chi connectivity index (χ1) is 8.68. The van der Waals surface area contributed by atoms with Gasteiger partial charge >= 0.3 is 5.97 Å². The maximum Gasteiger partial charge on any atom is 0.306 e. The molecule has 0 rings (SSSR count). The van der Waals surface area contributed by atoms with E-state index in [1.807, 2.05) is 14.1 Å². The first kappa shape index (κ1) is 17.9. The molecule has 0 bridgehead atoms. The lowest BCUT2D eigenvalue weighted by atomic mass is 9.92. The fourth-order valence-corrected chi connectivity index (χ4v) is 2.27. The largest absolute Gasteiger partial charge is 0.466 e. The van der Waals surface area contributed by atoms with Crippen LogP contribution in [0.2, 0.25) is 0 Å². The zero-order chi connectivity index (χ0) is 15.1. The van der Waals surface area contributed by atoms with E-state index in [1.165, 1.54) is 0 Å². The lowest BCUT2D eigenvalue weighted by Crippen LogP contribution is -2.41. The van der Waals surface area contributed by atoms with Gasteiger partial charge in [0.05, 0.1) is 13.0 Å². The van der Waals surface area contributed by atoms with Crippen LogP contribution < -0.4 is 0 Å². The molecule has 0 saturated heterocycles. The number of carbonyl (C=O) groups excluding carboxylic acids is 2. The van der Waals surface area contributed by atoms with Crippen molar-refractivity contribution in [1.82, 2.24) is 9.80 Å². The van der Waals surface area contributed by atoms with Gasteiger partial charge in [0.2, 0.25) is 5.91 Å². The smallest absolute Gasteiger partial charge is 0.306 e. The van der Waals surface area contributed by atoms with Gasteiger partial charge < -0.3 is 14.5 Å². The zero-order valence-corrected chi connectivity index (χ0v) is 13.2. The fourth-order valence-electron chi connectivity index (χ4n) is 2.27. The predicted octanol–water partition coefficient (Wildman–Crippen LogP) is 1.38. The molecule has 0 unspecified atom stereocenters. The lowest BCUT2D eigenvalue weighted by Gasteiger charge is -2.32. The molecule has 112 valence electrons. The van der Waals surface area contributed by atoms with Crippen molar-refractivity contribution in [2.75, 3.05) is 40.8 Å². The van der Waals surface area contributed by atoms with Crippen LogP contribution in [0.3, 0.4) is 0 Å². The van der Waals surface area contributed by atoms with Crippen LogP contribution in [0.4, 0.5) is 0 Å². The molecular formula is C14H28N2O3. The molecule has 0 spiro atoms. The molecule has 0 aliphatic carbocycles. The molecule has 19 heavy (non-hydrogen) atoms. The molecule has 0 atom stereocenters. The summed E-state index contributed by atoms with van der Waals surface area (Å²) >= 11 is 0. The van der Waals surface area contributed by atoms with E-state index in [2.05, 4.69) is 18.7 Å². The number of hydrogen-bond acceptors (Lipinski definition) is 4. The summed E-state index contributed by atoms with van der Waals surface area (Å²) in [6.45, 7) is 7.95. The number of ether oxygens (including phenoxy) is 1. The van der Waals surface area contributed by atoms with Crippen LogP contribution in [0, 0.1) is 5.41 Å². The van der Waals surface area contributed by atoms with Gasteiger partial charge in [-0.2, -0.15) is 0 Å². The van der Waals surface area contributed by atoms with Gasteiger partial charge in [0, 0.05) is 26.6 Å². The highest BCUT2D eigenvalue weighted by molar-refractivity contribution is 5.81. The Bertz CT molecular complexity index is 301. The van der Waals surface area contributed by atoms with Gasteiger partial charge in [-0.05, 0) is 26.4 Å². The highest BCUT2D eigenvalue weighted by Gasteiger charge is 2.23. The van der Waals surface area contributed by atoms with Gasteiger partial charge in [0.15, 0.2) is 0 Å². The Morgan fingerprint density at radius 3 is 2.11 bits per heavy atom. The van der Waals surface area contributed by atoms with Crippen molar-refractivity contribution in [3.8, 4) is 0 Å². The number of hydrogen-bond donors (Lipinski definition) is 0. The van der Waals surface area contributed by atoms with Crippen LogP contribution in [-0.4, -0.2) is 62.5 Å². The van der Waals surface area contributed by atoms with E-state index < -0.39 is 0 Å². The van der Waals surface area contributed by atoms with Gasteiger partial charge in [-0.3, -0.25) is 9.59 Å². The topological polar surface area (TPSA) is 49.9 Å². The second-order valence-electron chi connectivity index (χ2n) is 5.96. The Labute approximate surface area is 116 Å². The van der Waals surface area contributed by atoms with E-state index >= 15 is 0 Å². The quantitative estimate of drug-likeness (QED) is 0.626. The summed E-state index contributed by atoms with van der Waals surface area (Å²) in [7, 11) is 5.82. The summed E-state index contributed by atoms with van der Waals surface area (Å²) in [5.74, 6) is -0.323. The monoisotopic (exact) mass is 272 g/mol. The SMILES string of the molecule is CCOC(=O)CCC(=O)N(C)CC(C)(C)CN(C)C. The number of rotatable bonds is 8. The minimum absolute atomic E-state index is 0.0140. The molecule has 0 radical (unpaired) electrons. The Kier molecular flexibility index (Phi) is 7.68. The van der Waals surface area contributed by atoms with E-state index in [-0.39, 0.29) is 30.1 Å². The molecule has 0 heterocycles. The zero-order valence-electron chi connectivity index (χ0n) is 13.2. The molecule has 0 N–H and O–H groups in total. The summed E-state index contributed by atoms with van der Waals surface area (Å²) in [5.41, 5.74) is 0.0256. The van der Waals surface area contributed by atoms with Crippen molar-refractivity contribution in [3.63, 3.8) is 0 Å².